The Morgan fingerprint density at radius 2 is 1.23 bits per heavy atom. The number of rotatable bonds is 16. The Balaban J connectivity index is 2.25. The Morgan fingerprint density at radius 1 is 0.744 bits per heavy atom. The minimum atomic E-state index is -1.55. The summed E-state index contributed by atoms with van der Waals surface area (Å²) >= 11 is 0. The number of nitrogens with two attached hydrogens (primary N) is 1. The molecule has 1 saturated heterocycles. The number of benzene rings is 1. The molecule has 1 aromatic carbocycles. The maximum absolute atomic E-state index is 13.3. The molecule has 240 valence electrons. The van der Waals surface area contributed by atoms with Crippen LogP contribution in [-0.4, -0.2) is 66.6 Å². The van der Waals surface area contributed by atoms with Crippen LogP contribution >= 0.6 is 0 Å². The fraction of sp³-hybridized carbons (Fsp3) is 0.645. The standard InChI is InChI=1S/C31H45NO11/c1-6-10-23(33)39-21-16-14-20(15-17-21)18-31(5,32)30(37)43-29-28(42-26(36)13-9-4)27(41-25(35)12-8-3)22(19-38-29)40-24(34)11-7-2/h14-17,22,27-29H,6-13,18-19,32H2,1-5H3/t22-,27+,28-,29+,31?/m1/s1. The zero-order valence-electron chi connectivity index (χ0n) is 25.8. The molecule has 1 aliphatic heterocycles. The lowest BCUT2D eigenvalue weighted by molar-refractivity contribution is -0.277. The van der Waals surface area contributed by atoms with E-state index in [0.717, 1.165) is 0 Å². The van der Waals surface area contributed by atoms with E-state index in [-0.39, 0.29) is 38.3 Å². The molecule has 1 aromatic rings. The maximum atomic E-state index is 13.3. The molecule has 1 unspecified atom stereocenters. The summed E-state index contributed by atoms with van der Waals surface area (Å²) in [7, 11) is 0. The minimum absolute atomic E-state index is 0.0471. The largest absolute Gasteiger partial charge is 0.456 e. The molecular weight excluding hydrogens is 562 g/mol. The lowest BCUT2D eigenvalue weighted by Gasteiger charge is -2.40. The van der Waals surface area contributed by atoms with E-state index < -0.39 is 54.0 Å². The molecular formula is C31H45NO11. The number of ether oxygens (including phenoxy) is 6. The lowest BCUT2D eigenvalue weighted by atomic mass is 9.94. The van der Waals surface area contributed by atoms with Gasteiger partial charge in [0.15, 0.2) is 12.2 Å². The molecule has 0 saturated carbocycles. The lowest BCUT2D eigenvalue weighted by Crippen LogP contribution is -2.60. The van der Waals surface area contributed by atoms with E-state index >= 15 is 0 Å². The Labute approximate surface area is 252 Å². The van der Waals surface area contributed by atoms with Crippen molar-refractivity contribution >= 4 is 29.8 Å². The van der Waals surface area contributed by atoms with Gasteiger partial charge in [0.2, 0.25) is 12.4 Å². The van der Waals surface area contributed by atoms with Crippen LogP contribution in [0.1, 0.15) is 91.5 Å². The Morgan fingerprint density at radius 3 is 1.77 bits per heavy atom. The second kappa shape index (κ2) is 17.6. The van der Waals surface area contributed by atoms with Crippen molar-refractivity contribution in [3.63, 3.8) is 0 Å². The average molecular weight is 608 g/mol. The van der Waals surface area contributed by atoms with Crippen molar-refractivity contribution in [1.82, 2.24) is 0 Å². The van der Waals surface area contributed by atoms with Gasteiger partial charge < -0.3 is 34.2 Å². The van der Waals surface area contributed by atoms with Crippen LogP contribution in [0.4, 0.5) is 0 Å². The number of hydrogen-bond acceptors (Lipinski definition) is 12. The molecule has 5 atom stereocenters. The van der Waals surface area contributed by atoms with Crippen molar-refractivity contribution in [2.45, 2.75) is 123 Å². The molecule has 0 bridgehead atoms. The first-order chi connectivity index (χ1) is 20.4. The smallest absolute Gasteiger partial charge is 0.328 e. The average Bonchev–Trinajstić information content (AvgIpc) is 2.93. The van der Waals surface area contributed by atoms with Crippen molar-refractivity contribution in [3.8, 4) is 5.75 Å². The fourth-order valence-corrected chi connectivity index (χ4v) is 4.27. The van der Waals surface area contributed by atoms with E-state index in [1.165, 1.54) is 6.92 Å². The van der Waals surface area contributed by atoms with Crippen LogP contribution in [0.15, 0.2) is 24.3 Å². The summed E-state index contributed by atoms with van der Waals surface area (Å²) in [6.07, 6.45) is -2.51. The first kappa shape index (κ1) is 35.7. The van der Waals surface area contributed by atoms with Crippen LogP contribution in [0, 0.1) is 0 Å². The molecule has 12 nitrogen and oxygen atoms in total. The Bertz CT molecular complexity index is 1090. The molecule has 1 aliphatic rings. The second-order valence-corrected chi connectivity index (χ2v) is 10.8. The van der Waals surface area contributed by atoms with Crippen molar-refractivity contribution in [1.29, 1.82) is 0 Å². The van der Waals surface area contributed by atoms with Gasteiger partial charge in [0, 0.05) is 32.1 Å². The van der Waals surface area contributed by atoms with Gasteiger partial charge in [-0.3, -0.25) is 19.2 Å². The highest BCUT2D eigenvalue weighted by atomic mass is 16.7. The monoisotopic (exact) mass is 607 g/mol. The van der Waals surface area contributed by atoms with E-state index in [1.807, 2.05) is 13.8 Å². The van der Waals surface area contributed by atoms with E-state index in [0.29, 0.717) is 43.4 Å². The van der Waals surface area contributed by atoms with Gasteiger partial charge in [-0.15, -0.1) is 0 Å². The van der Waals surface area contributed by atoms with Crippen LogP contribution in [0.5, 0.6) is 5.75 Å². The van der Waals surface area contributed by atoms with Crippen LogP contribution in [-0.2, 0) is 54.1 Å². The predicted octanol–water partition coefficient (Wildman–Crippen LogP) is 3.69. The first-order valence-electron chi connectivity index (χ1n) is 14.9. The molecule has 0 aromatic heterocycles. The molecule has 0 radical (unpaired) electrons. The SMILES string of the molecule is CCCC(=O)Oc1ccc(CC(C)(N)C(=O)O[C@@H]2OC[C@@H](OC(=O)CCC)[C@H](OC(=O)CCC)[C@H]2OC(=O)CCC)cc1. The second-order valence-electron chi connectivity index (χ2n) is 10.8. The van der Waals surface area contributed by atoms with Gasteiger partial charge in [-0.05, 0) is 50.3 Å². The molecule has 43 heavy (non-hydrogen) atoms. The van der Waals surface area contributed by atoms with E-state index in [9.17, 15) is 24.0 Å². The quantitative estimate of drug-likeness (QED) is 0.165. The Kier molecular flexibility index (Phi) is 14.6. The Hall–Kier alpha value is -3.51. The van der Waals surface area contributed by atoms with Crippen LogP contribution in [0.25, 0.3) is 0 Å². The van der Waals surface area contributed by atoms with E-state index in [4.69, 9.17) is 34.2 Å². The first-order valence-corrected chi connectivity index (χ1v) is 14.9. The van der Waals surface area contributed by atoms with Crippen molar-refractivity contribution in [3.05, 3.63) is 29.8 Å². The summed E-state index contributed by atoms with van der Waals surface area (Å²) in [6.45, 7) is 8.45. The van der Waals surface area contributed by atoms with Gasteiger partial charge in [-0.2, -0.15) is 0 Å². The van der Waals surface area contributed by atoms with Crippen LogP contribution in [0.2, 0.25) is 0 Å². The summed E-state index contributed by atoms with van der Waals surface area (Å²) in [5.74, 6) is -2.61. The van der Waals surface area contributed by atoms with Gasteiger partial charge in [-0.1, -0.05) is 39.8 Å². The van der Waals surface area contributed by atoms with Gasteiger partial charge in [0.1, 0.15) is 11.3 Å². The van der Waals surface area contributed by atoms with E-state index in [2.05, 4.69) is 0 Å². The third-order valence-electron chi connectivity index (χ3n) is 6.43. The topological polar surface area (TPSA) is 167 Å². The third-order valence-corrected chi connectivity index (χ3v) is 6.43. The highest BCUT2D eigenvalue weighted by Gasteiger charge is 2.50. The number of carbonyl (C=O) groups is 5. The van der Waals surface area contributed by atoms with Crippen molar-refractivity contribution in [2.75, 3.05) is 6.61 Å². The highest BCUT2D eigenvalue weighted by molar-refractivity contribution is 5.81. The number of hydrogen-bond donors (Lipinski definition) is 1. The summed E-state index contributed by atoms with van der Waals surface area (Å²) in [6, 6.07) is 6.57. The van der Waals surface area contributed by atoms with Crippen molar-refractivity contribution < 1.29 is 52.4 Å². The van der Waals surface area contributed by atoms with Gasteiger partial charge in [-0.25, -0.2) is 4.79 Å². The molecule has 0 spiro atoms. The van der Waals surface area contributed by atoms with Gasteiger partial charge in [0.05, 0.1) is 6.61 Å². The molecule has 2 N–H and O–H groups in total. The summed E-state index contributed by atoms with van der Waals surface area (Å²) in [5.41, 5.74) is 5.48. The summed E-state index contributed by atoms with van der Waals surface area (Å²) in [4.78, 5) is 62.5. The zero-order valence-corrected chi connectivity index (χ0v) is 25.8. The van der Waals surface area contributed by atoms with Crippen LogP contribution in [0.3, 0.4) is 0 Å². The normalized spacial score (nSPS) is 21.2. The maximum Gasteiger partial charge on any atom is 0.328 e. The van der Waals surface area contributed by atoms with Gasteiger partial charge >= 0.3 is 29.8 Å². The summed E-state index contributed by atoms with van der Waals surface area (Å²) in [5, 5.41) is 0. The zero-order chi connectivity index (χ0) is 32.0. The summed E-state index contributed by atoms with van der Waals surface area (Å²) < 4.78 is 33.4. The van der Waals surface area contributed by atoms with Gasteiger partial charge in [0.25, 0.3) is 0 Å². The number of carbonyl (C=O) groups excluding carboxylic acids is 5. The fourth-order valence-electron chi connectivity index (χ4n) is 4.27. The minimum Gasteiger partial charge on any atom is -0.456 e. The van der Waals surface area contributed by atoms with Crippen LogP contribution < -0.4 is 10.5 Å². The molecule has 0 aliphatic carbocycles. The highest BCUT2D eigenvalue weighted by Crippen LogP contribution is 2.28. The molecule has 1 fully saturated rings. The number of esters is 5. The molecule has 0 amide bonds. The van der Waals surface area contributed by atoms with Crippen molar-refractivity contribution in [2.24, 2.45) is 5.73 Å². The molecule has 2 rings (SSSR count). The third kappa shape index (κ3) is 11.6. The molecule has 12 heteroatoms. The molecule has 1 heterocycles. The van der Waals surface area contributed by atoms with E-state index in [1.54, 1.807) is 38.1 Å². The predicted molar refractivity (Wildman–Crippen MR) is 153 cm³/mol.